The Bertz CT molecular complexity index is 559. The molecule has 0 rings (SSSR count). The molecular weight excluding hydrogens is 464 g/mol. The number of hydrogen-bond donors (Lipinski definition) is 4. The summed E-state index contributed by atoms with van der Waals surface area (Å²) in [5.41, 5.74) is 0. The molecule has 0 aliphatic carbocycles. The zero-order chi connectivity index (χ0) is 28.4. The Morgan fingerprint density at radius 1 is 0.833 bits per heavy atom. The van der Waals surface area contributed by atoms with Crippen molar-refractivity contribution in [1.82, 2.24) is 21.3 Å². The van der Waals surface area contributed by atoms with Crippen molar-refractivity contribution in [2.45, 2.75) is 80.2 Å². The first kappa shape index (κ1) is 38.3. The highest BCUT2D eigenvalue weighted by molar-refractivity contribution is 5.85. The van der Waals surface area contributed by atoms with E-state index in [9.17, 15) is 14.4 Å². The van der Waals surface area contributed by atoms with Gasteiger partial charge in [0.25, 0.3) is 6.47 Å². The molecule has 0 saturated heterocycles. The van der Waals surface area contributed by atoms with E-state index >= 15 is 0 Å². The summed E-state index contributed by atoms with van der Waals surface area (Å²) >= 11 is 0. The molecular formula is C26H54N4O6. The first-order valence-corrected chi connectivity index (χ1v) is 13.1. The average Bonchev–Trinajstić information content (AvgIpc) is 2.86. The monoisotopic (exact) mass is 518 g/mol. The number of carbonyl (C=O) groups is 4. The molecule has 0 aromatic heterocycles. The standard InChI is InChI=1S/C22H44N4O4.C2H4O2.C2H6/c1-16(2)13-23-11-9-20(27)26-15-18(5)8-7-10-24-21(28)12-19(22(29)30-6)25-14-17(3)4;1-4-2-3;1-2/h16-19,23,25H,7-15H2,1-6H3,(H,24,28)(H,26,27);2H,1H3;1-2H3. The third-order valence-corrected chi connectivity index (χ3v) is 4.67. The predicted molar refractivity (Wildman–Crippen MR) is 144 cm³/mol. The molecule has 0 aromatic rings. The van der Waals surface area contributed by atoms with Gasteiger partial charge in [-0.3, -0.25) is 19.2 Å². The Balaban J connectivity index is -0.00000164. The molecule has 0 saturated carbocycles. The molecule has 4 N–H and O–H groups in total. The van der Waals surface area contributed by atoms with E-state index < -0.39 is 12.0 Å². The van der Waals surface area contributed by atoms with Crippen LogP contribution in [0.2, 0.25) is 0 Å². The van der Waals surface area contributed by atoms with Gasteiger partial charge >= 0.3 is 5.97 Å². The van der Waals surface area contributed by atoms with E-state index in [1.807, 2.05) is 27.7 Å². The normalized spacial score (nSPS) is 11.8. The van der Waals surface area contributed by atoms with Crippen LogP contribution in [0.15, 0.2) is 0 Å². The maximum Gasteiger partial charge on any atom is 0.323 e. The summed E-state index contributed by atoms with van der Waals surface area (Å²) in [4.78, 5) is 44.7. The quantitative estimate of drug-likeness (QED) is 0.123. The first-order valence-electron chi connectivity index (χ1n) is 13.1. The Morgan fingerprint density at radius 2 is 1.42 bits per heavy atom. The molecule has 10 heteroatoms. The fraction of sp³-hybridized carbons (Fsp3) is 0.846. The second-order valence-corrected chi connectivity index (χ2v) is 9.16. The molecule has 0 aromatic carbocycles. The first-order chi connectivity index (χ1) is 17.1. The fourth-order valence-electron chi connectivity index (χ4n) is 2.77. The minimum absolute atomic E-state index is 0.0640. The molecule has 0 fully saturated rings. The Hall–Kier alpha value is -2.20. The van der Waals surface area contributed by atoms with E-state index in [0.717, 1.165) is 19.4 Å². The summed E-state index contributed by atoms with van der Waals surface area (Å²) in [5.74, 6) is 0.764. The fourth-order valence-corrected chi connectivity index (χ4v) is 2.77. The molecule has 0 bridgehead atoms. The minimum Gasteiger partial charge on any atom is -0.471 e. The van der Waals surface area contributed by atoms with Gasteiger partial charge in [-0.2, -0.15) is 0 Å². The van der Waals surface area contributed by atoms with Crippen molar-refractivity contribution in [3.8, 4) is 0 Å². The minimum atomic E-state index is -0.624. The molecule has 2 unspecified atom stereocenters. The van der Waals surface area contributed by atoms with Gasteiger partial charge in [-0.05, 0) is 43.7 Å². The van der Waals surface area contributed by atoms with Crippen molar-refractivity contribution >= 4 is 24.3 Å². The molecule has 0 heterocycles. The van der Waals surface area contributed by atoms with Gasteiger partial charge in [-0.1, -0.05) is 48.5 Å². The topological polar surface area (TPSA) is 135 Å². The zero-order valence-electron chi connectivity index (χ0n) is 24.2. The summed E-state index contributed by atoms with van der Waals surface area (Å²) < 4.78 is 8.63. The molecule has 36 heavy (non-hydrogen) atoms. The molecule has 0 aliphatic rings. The van der Waals surface area contributed by atoms with E-state index in [-0.39, 0.29) is 18.2 Å². The molecule has 2 atom stereocenters. The SMILES string of the molecule is CC.COC(=O)C(CC(=O)NCCCC(C)CNC(=O)CCNCC(C)C)NCC(C)C.COC=O. The lowest BCUT2D eigenvalue weighted by atomic mass is 10.1. The highest BCUT2D eigenvalue weighted by Crippen LogP contribution is 2.04. The number of amides is 2. The van der Waals surface area contributed by atoms with Gasteiger partial charge < -0.3 is 30.7 Å². The Morgan fingerprint density at radius 3 is 1.92 bits per heavy atom. The van der Waals surface area contributed by atoms with Gasteiger partial charge in [0.15, 0.2) is 0 Å². The van der Waals surface area contributed by atoms with Gasteiger partial charge in [-0.25, -0.2) is 0 Å². The van der Waals surface area contributed by atoms with Crippen LogP contribution >= 0.6 is 0 Å². The number of esters is 1. The van der Waals surface area contributed by atoms with Gasteiger partial charge in [0.1, 0.15) is 6.04 Å². The van der Waals surface area contributed by atoms with Gasteiger partial charge in [0.2, 0.25) is 11.8 Å². The zero-order valence-corrected chi connectivity index (χ0v) is 24.2. The van der Waals surface area contributed by atoms with Gasteiger partial charge in [0, 0.05) is 26.1 Å². The second kappa shape index (κ2) is 27.4. The van der Waals surface area contributed by atoms with E-state index in [1.54, 1.807) is 0 Å². The Labute approximate surface area is 219 Å². The van der Waals surface area contributed by atoms with Crippen molar-refractivity contribution in [3.63, 3.8) is 0 Å². The number of hydrogen-bond acceptors (Lipinski definition) is 8. The molecule has 0 spiro atoms. The average molecular weight is 519 g/mol. The summed E-state index contributed by atoms with van der Waals surface area (Å²) in [7, 11) is 2.64. The highest BCUT2D eigenvalue weighted by Gasteiger charge is 2.22. The summed E-state index contributed by atoms with van der Waals surface area (Å²) in [6.45, 7) is 18.3. The number of carbonyl (C=O) groups excluding carboxylic acids is 4. The number of methoxy groups -OCH3 is 2. The lowest BCUT2D eigenvalue weighted by Crippen LogP contribution is -2.43. The number of ether oxygens (including phenoxy) is 2. The smallest absolute Gasteiger partial charge is 0.323 e. The van der Waals surface area contributed by atoms with Crippen LogP contribution in [0.1, 0.15) is 74.1 Å². The van der Waals surface area contributed by atoms with Crippen LogP contribution in [0.25, 0.3) is 0 Å². The van der Waals surface area contributed by atoms with Crippen molar-refractivity contribution in [2.24, 2.45) is 17.8 Å². The highest BCUT2D eigenvalue weighted by atomic mass is 16.5. The van der Waals surface area contributed by atoms with Crippen molar-refractivity contribution in [2.75, 3.05) is 46.9 Å². The molecule has 2 amide bonds. The lowest BCUT2D eigenvalue weighted by Gasteiger charge is -2.18. The third-order valence-electron chi connectivity index (χ3n) is 4.67. The summed E-state index contributed by atoms with van der Waals surface area (Å²) in [6, 6.07) is -0.624. The largest absolute Gasteiger partial charge is 0.471 e. The second-order valence-electron chi connectivity index (χ2n) is 9.16. The Kier molecular flexibility index (Phi) is 29.2. The third kappa shape index (κ3) is 28.0. The van der Waals surface area contributed by atoms with Crippen LogP contribution in [0.3, 0.4) is 0 Å². The van der Waals surface area contributed by atoms with Crippen LogP contribution in [0.5, 0.6) is 0 Å². The molecule has 0 radical (unpaired) electrons. The summed E-state index contributed by atoms with van der Waals surface area (Å²) in [5, 5.41) is 12.2. The number of rotatable bonds is 18. The van der Waals surface area contributed by atoms with E-state index in [1.165, 1.54) is 14.2 Å². The lowest BCUT2D eigenvalue weighted by molar-refractivity contribution is -0.145. The van der Waals surface area contributed by atoms with Crippen LogP contribution in [-0.4, -0.2) is 77.2 Å². The maximum absolute atomic E-state index is 12.1. The maximum atomic E-state index is 12.1. The molecule has 0 aliphatic heterocycles. The number of nitrogens with one attached hydrogen (secondary N) is 4. The molecule has 10 nitrogen and oxygen atoms in total. The van der Waals surface area contributed by atoms with Crippen LogP contribution in [-0.2, 0) is 28.7 Å². The van der Waals surface area contributed by atoms with Crippen molar-refractivity contribution in [1.29, 1.82) is 0 Å². The van der Waals surface area contributed by atoms with E-state index in [4.69, 9.17) is 9.53 Å². The van der Waals surface area contributed by atoms with Crippen LogP contribution < -0.4 is 21.3 Å². The van der Waals surface area contributed by atoms with Crippen molar-refractivity contribution in [3.05, 3.63) is 0 Å². The van der Waals surface area contributed by atoms with Gasteiger partial charge in [-0.15, -0.1) is 0 Å². The molecule has 214 valence electrons. The van der Waals surface area contributed by atoms with Crippen LogP contribution in [0, 0.1) is 17.8 Å². The van der Waals surface area contributed by atoms with E-state index in [2.05, 4.69) is 46.8 Å². The van der Waals surface area contributed by atoms with Crippen molar-refractivity contribution < 1.29 is 28.7 Å². The van der Waals surface area contributed by atoms with E-state index in [0.29, 0.717) is 56.8 Å². The van der Waals surface area contributed by atoms with Gasteiger partial charge in [0.05, 0.1) is 20.6 Å². The van der Waals surface area contributed by atoms with Crippen LogP contribution in [0.4, 0.5) is 0 Å². The predicted octanol–water partition coefficient (Wildman–Crippen LogP) is 2.26. The summed E-state index contributed by atoms with van der Waals surface area (Å²) in [6.07, 6.45) is 2.27.